The molecule has 12 nitrogen and oxygen atoms in total. The quantitative estimate of drug-likeness (QED) is 0.315. The number of nitrogens with one attached hydrogen (secondary N) is 4. The number of carbonyl (C=O) groups excluding carboxylic acids is 3. The molecule has 5 heterocycles. The predicted octanol–water partition coefficient (Wildman–Crippen LogP) is 3.37. The summed E-state index contributed by atoms with van der Waals surface area (Å²) in [5.74, 6) is 0.133. The number of piperidine rings is 3. The molecule has 1 atom stereocenters. The van der Waals surface area contributed by atoms with E-state index in [1.54, 1.807) is 0 Å². The minimum atomic E-state index is -0.656. The Morgan fingerprint density at radius 2 is 1.78 bits per heavy atom. The number of aromatic amines is 1. The van der Waals surface area contributed by atoms with Crippen molar-refractivity contribution in [2.45, 2.75) is 76.0 Å². The van der Waals surface area contributed by atoms with Crippen molar-refractivity contribution in [1.82, 2.24) is 35.8 Å². The van der Waals surface area contributed by atoms with Crippen molar-refractivity contribution in [3.63, 3.8) is 0 Å². The predicted molar refractivity (Wildman–Crippen MR) is 170 cm³/mol. The van der Waals surface area contributed by atoms with Crippen LogP contribution in [-0.2, 0) is 17.8 Å². The van der Waals surface area contributed by atoms with E-state index in [-0.39, 0.29) is 30.1 Å². The normalized spacial score (nSPS) is 21.6. The smallest absolute Gasteiger partial charge is 0.325 e. The summed E-state index contributed by atoms with van der Waals surface area (Å²) < 4.78 is 0.465. The van der Waals surface area contributed by atoms with Crippen molar-refractivity contribution < 1.29 is 18.9 Å². The number of likely N-dealkylation sites (tertiary alicyclic amines) is 2. The summed E-state index contributed by atoms with van der Waals surface area (Å²) in [6, 6.07) is 13.2. The summed E-state index contributed by atoms with van der Waals surface area (Å²) in [4.78, 5) is 45.3. The molecule has 4 aliphatic rings. The maximum Gasteiger partial charge on any atom is 0.336 e. The van der Waals surface area contributed by atoms with E-state index in [1.807, 2.05) is 52.3 Å². The Labute approximate surface area is 263 Å². The van der Waals surface area contributed by atoms with Gasteiger partial charge in [-0.1, -0.05) is 29.5 Å². The highest BCUT2D eigenvalue weighted by molar-refractivity contribution is 5.92. The first-order chi connectivity index (χ1) is 22.0. The number of benzene rings is 2. The fraction of sp³-hybridized carbons (Fsp3) is 0.545. The number of fused-ring (bicyclic) bond motifs is 2. The molecule has 0 bridgehead atoms. The first-order valence-electron chi connectivity index (χ1n) is 16.6. The van der Waals surface area contributed by atoms with Gasteiger partial charge in [-0.25, -0.2) is 14.4 Å². The summed E-state index contributed by atoms with van der Waals surface area (Å²) in [5, 5.41) is 20.7. The number of amides is 5. The zero-order valence-corrected chi connectivity index (χ0v) is 25.8. The minimum Gasteiger partial charge on any atom is -0.325 e. The largest absolute Gasteiger partial charge is 0.336 e. The van der Waals surface area contributed by atoms with Crippen LogP contribution >= 0.6 is 0 Å². The first-order valence-corrected chi connectivity index (χ1v) is 16.6. The van der Waals surface area contributed by atoms with E-state index in [1.165, 1.54) is 0 Å². The van der Waals surface area contributed by atoms with Crippen LogP contribution in [-0.4, -0.2) is 105 Å². The molecule has 3 fully saturated rings. The van der Waals surface area contributed by atoms with Crippen molar-refractivity contribution in [1.29, 1.82) is 0 Å². The van der Waals surface area contributed by atoms with Crippen LogP contribution in [0.4, 0.5) is 15.3 Å². The van der Waals surface area contributed by atoms with Crippen molar-refractivity contribution in [2.75, 3.05) is 44.6 Å². The number of hydrogen-bond acceptors (Lipinski definition) is 6. The Morgan fingerprint density at radius 1 is 1.00 bits per heavy atom. The maximum absolute atomic E-state index is 14.8. The van der Waals surface area contributed by atoms with E-state index in [4.69, 9.17) is 0 Å². The van der Waals surface area contributed by atoms with Gasteiger partial charge in [0.1, 0.15) is 11.6 Å². The summed E-state index contributed by atoms with van der Waals surface area (Å²) in [5.41, 5.74) is 4.51. The van der Waals surface area contributed by atoms with E-state index >= 15 is 0 Å². The van der Waals surface area contributed by atoms with Crippen LogP contribution in [0.5, 0.6) is 0 Å². The molecule has 0 radical (unpaired) electrons. The fourth-order valence-electron chi connectivity index (χ4n) is 8.04. The third kappa shape index (κ3) is 6.00. The number of urea groups is 2. The molecule has 5 amide bonds. The van der Waals surface area contributed by atoms with Gasteiger partial charge < -0.3 is 25.8 Å². The minimum absolute atomic E-state index is 0.0520. The van der Waals surface area contributed by atoms with Crippen molar-refractivity contribution >= 4 is 34.7 Å². The third-order valence-corrected chi connectivity index (χ3v) is 10.5. The summed E-state index contributed by atoms with van der Waals surface area (Å²) >= 11 is 0. The molecule has 0 aliphatic carbocycles. The fourth-order valence-corrected chi connectivity index (χ4v) is 8.04. The number of aromatic nitrogens is 3. The highest BCUT2D eigenvalue weighted by Gasteiger charge is 2.49. The van der Waals surface area contributed by atoms with Crippen LogP contribution in [0, 0.1) is 0 Å². The Kier molecular flexibility index (Phi) is 8.41. The Bertz CT molecular complexity index is 1540. The lowest BCUT2D eigenvalue weighted by Crippen LogP contribution is -2.68. The number of anilines is 1. The second-order valence-corrected chi connectivity index (χ2v) is 13.2. The Balaban J connectivity index is 1.07. The van der Waals surface area contributed by atoms with E-state index in [2.05, 4.69) is 31.4 Å². The van der Waals surface area contributed by atoms with Crippen LogP contribution in [0.2, 0.25) is 0 Å². The summed E-state index contributed by atoms with van der Waals surface area (Å²) in [6.45, 7) is 5.15. The molecule has 45 heavy (non-hydrogen) atoms. The van der Waals surface area contributed by atoms with Crippen LogP contribution in [0.1, 0.15) is 56.1 Å². The molecule has 4 N–H and O–H groups in total. The van der Waals surface area contributed by atoms with Crippen molar-refractivity contribution in [3.05, 3.63) is 53.6 Å². The van der Waals surface area contributed by atoms with E-state index < -0.39 is 6.04 Å². The molecule has 3 saturated heterocycles. The SMILES string of the molecule is O=C(N[C@H](Cc1ccc2[nH]nnc2c1)C(=O)[N+]1(C2CCNCC2)CCCCC1)N1CCC(N2Cc3ccccc3NC2=O)CC1. The number of hydrogen-bond donors (Lipinski definition) is 4. The molecule has 3 aromatic rings. The molecular formula is C33H44N9O3+. The average molecular weight is 615 g/mol. The Morgan fingerprint density at radius 3 is 2.58 bits per heavy atom. The zero-order valence-electron chi connectivity index (χ0n) is 25.8. The topological polar surface area (TPSA) is 135 Å². The van der Waals surface area contributed by atoms with E-state index in [0.29, 0.717) is 43.4 Å². The van der Waals surface area contributed by atoms with Crippen molar-refractivity contribution in [2.24, 2.45) is 0 Å². The second-order valence-electron chi connectivity index (χ2n) is 13.2. The monoisotopic (exact) mass is 614 g/mol. The summed E-state index contributed by atoms with van der Waals surface area (Å²) in [7, 11) is 0. The van der Waals surface area contributed by atoms with Gasteiger partial charge in [0.2, 0.25) is 0 Å². The van der Waals surface area contributed by atoms with Crippen LogP contribution < -0.4 is 16.0 Å². The number of H-pyrrole nitrogens is 1. The lowest BCUT2D eigenvalue weighted by atomic mass is 9.93. The van der Waals surface area contributed by atoms with E-state index in [9.17, 15) is 14.4 Å². The van der Waals surface area contributed by atoms with Crippen LogP contribution in [0.3, 0.4) is 0 Å². The molecule has 4 aliphatic heterocycles. The second kappa shape index (κ2) is 12.8. The van der Waals surface area contributed by atoms with Gasteiger partial charge in [-0.2, -0.15) is 0 Å². The molecule has 7 rings (SSSR count). The van der Waals surface area contributed by atoms with Gasteiger partial charge in [0, 0.05) is 63.7 Å². The number of rotatable bonds is 6. The highest BCUT2D eigenvalue weighted by atomic mass is 16.2. The summed E-state index contributed by atoms with van der Waals surface area (Å²) in [6.07, 6.45) is 6.94. The van der Waals surface area contributed by atoms with Gasteiger partial charge in [-0.3, -0.25) is 9.58 Å². The molecule has 0 spiro atoms. The number of quaternary nitrogens is 1. The van der Waals surface area contributed by atoms with Crippen molar-refractivity contribution in [3.8, 4) is 0 Å². The van der Waals surface area contributed by atoms with Gasteiger partial charge in [-0.15, -0.1) is 5.10 Å². The van der Waals surface area contributed by atoms with Gasteiger partial charge in [0.15, 0.2) is 0 Å². The highest BCUT2D eigenvalue weighted by Crippen LogP contribution is 2.31. The average Bonchev–Trinajstić information content (AvgIpc) is 3.56. The number of carbonyl (C=O) groups is 3. The third-order valence-electron chi connectivity index (χ3n) is 10.5. The van der Waals surface area contributed by atoms with Crippen LogP contribution in [0.15, 0.2) is 42.5 Å². The molecule has 12 heteroatoms. The molecule has 2 aromatic carbocycles. The molecule has 238 valence electrons. The first kappa shape index (κ1) is 29.7. The maximum atomic E-state index is 14.8. The molecule has 0 saturated carbocycles. The zero-order chi connectivity index (χ0) is 30.8. The Hall–Kier alpha value is -4.03. The molecule has 0 unspecified atom stereocenters. The number of nitrogens with zero attached hydrogens (tertiary/aromatic N) is 5. The van der Waals surface area contributed by atoms with Gasteiger partial charge in [0.25, 0.3) is 0 Å². The standard InChI is InChI=1S/C33H43N9O3/c43-31(42(18-4-1-5-19-42)26-10-14-34-15-11-26)30(21-23-8-9-28-29(20-23)38-39-37-28)36-32(44)40-16-12-25(13-17-40)41-22-24-6-2-3-7-27(24)35-33(41)45/h2-3,6-9,20,25-26,30,34H,1,4-5,10-19,21-22H2,(H2-,35,36,37,38,39,44,45)/p+1/t30-/m1/s1. The lowest BCUT2D eigenvalue weighted by molar-refractivity contribution is -0.886. The van der Waals surface area contributed by atoms with Gasteiger partial charge in [0.05, 0.1) is 24.6 Å². The van der Waals surface area contributed by atoms with Gasteiger partial charge in [-0.05, 0) is 61.4 Å². The van der Waals surface area contributed by atoms with Crippen LogP contribution in [0.25, 0.3) is 11.0 Å². The van der Waals surface area contributed by atoms with Gasteiger partial charge >= 0.3 is 18.0 Å². The molecule has 1 aromatic heterocycles. The number of para-hydroxylation sites is 1. The molecular weight excluding hydrogens is 570 g/mol. The lowest BCUT2D eigenvalue weighted by Gasteiger charge is -2.48. The van der Waals surface area contributed by atoms with E-state index in [0.717, 1.165) is 86.1 Å².